The van der Waals surface area contributed by atoms with Gasteiger partial charge in [-0.1, -0.05) is 6.07 Å². The van der Waals surface area contributed by atoms with E-state index in [-0.39, 0.29) is 5.56 Å². The molecule has 30 heavy (non-hydrogen) atoms. The first-order valence-electron chi connectivity index (χ1n) is 10.3. The lowest BCUT2D eigenvalue weighted by Gasteiger charge is -2.28. The minimum absolute atomic E-state index is 0.0635. The molecule has 1 aliphatic rings. The quantitative estimate of drug-likeness (QED) is 0.513. The van der Waals surface area contributed by atoms with Crippen molar-refractivity contribution >= 4 is 39.7 Å². The van der Waals surface area contributed by atoms with Crippen LogP contribution >= 0.6 is 11.3 Å². The number of pyridine rings is 1. The van der Waals surface area contributed by atoms with Crippen LogP contribution in [0.1, 0.15) is 24.1 Å². The molecule has 5 rings (SSSR count). The third-order valence-electron chi connectivity index (χ3n) is 5.46. The van der Waals surface area contributed by atoms with Crippen molar-refractivity contribution in [2.45, 2.75) is 25.8 Å². The monoisotopic (exact) mass is 417 g/mol. The second-order valence-electron chi connectivity index (χ2n) is 7.53. The number of nitrogens with zero attached hydrogens (tertiary/aromatic N) is 4. The number of aromatic nitrogens is 3. The van der Waals surface area contributed by atoms with E-state index >= 15 is 0 Å². The van der Waals surface area contributed by atoms with Crippen molar-refractivity contribution in [1.82, 2.24) is 14.5 Å². The van der Waals surface area contributed by atoms with Gasteiger partial charge in [0.1, 0.15) is 5.65 Å². The molecule has 0 amide bonds. The van der Waals surface area contributed by atoms with Gasteiger partial charge >= 0.3 is 0 Å². The lowest BCUT2D eigenvalue weighted by Crippen LogP contribution is -2.29. The first-order chi connectivity index (χ1) is 14.8. The highest BCUT2D eigenvalue weighted by Crippen LogP contribution is 2.23. The highest BCUT2D eigenvalue weighted by molar-refractivity contribution is 7.09. The molecule has 0 spiro atoms. The van der Waals surface area contributed by atoms with E-state index in [1.165, 1.54) is 24.9 Å². The number of anilines is 3. The number of piperidine rings is 1. The maximum Gasteiger partial charge on any atom is 0.252 e. The number of hydrogen-bond acceptors (Lipinski definition) is 6. The zero-order chi connectivity index (χ0) is 20.3. The van der Waals surface area contributed by atoms with E-state index in [0.717, 1.165) is 29.0 Å². The lowest BCUT2D eigenvalue weighted by atomic mass is 10.1. The first kappa shape index (κ1) is 18.8. The van der Waals surface area contributed by atoms with Crippen LogP contribution in [0.15, 0.2) is 64.9 Å². The molecular formula is C23H23N5OS. The normalized spacial score (nSPS) is 14.2. The Morgan fingerprint density at radius 2 is 1.83 bits per heavy atom. The fourth-order valence-electron chi connectivity index (χ4n) is 3.88. The van der Waals surface area contributed by atoms with E-state index in [2.05, 4.69) is 44.5 Å². The van der Waals surface area contributed by atoms with Gasteiger partial charge < -0.3 is 10.2 Å². The number of hydrogen-bond donors (Lipinski definition) is 1. The van der Waals surface area contributed by atoms with Crippen LogP contribution in [0.4, 0.5) is 17.3 Å². The van der Waals surface area contributed by atoms with Crippen LogP contribution in [0.5, 0.6) is 0 Å². The van der Waals surface area contributed by atoms with Gasteiger partial charge in [0.2, 0.25) is 5.95 Å². The number of nitrogens with one attached hydrogen (secondary N) is 1. The third kappa shape index (κ3) is 3.93. The van der Waals surface area contributed by atoms with E-state index in [9.17, 15) is 4.79 Å². The second kappa shape index (κ2) is 8.28. The summed E-state index contributed by atoms with van der Waals surface area (Å²) in [5, 5.41) is 6.14. The summed E-state index contributed by atoms with van der Waals surface area (Å²) in [6, 6.07) is 15.8. The van der Waals surface area contributed by atoms with E-state index in [0.29, 0.717) is 18.1 Å². The van der Waals surface area contributed by atoms with E-state index in [4.69, 9.17) is 0 Å². The minimum atomic E-state index is -0.0635. The van der Waals surface area contributed by atoms with E-state index < -0.39 is 0 Å². The fourth-order valence-corrected chi connectivity index (χ4v) is 4.57. The molecule has 1 aliphatic heterocycles. The molecule has 1 saturated heterocycles. The lowest BCUT2D eigenvalue weighted by molar-refractivity contribution is 0.578. The molecule has 152 valence electrons. The molecule has 6 nitrogen and oxygen atoms in total. The molecule has 0 unspecified atom stereocenters. The predicted molar refractivity (Wildman–Crippen MR) is 123 cm³/mol. The fraction of sp³-hybridized carbons (Fsp3) is 0.261. The molecule has 7 heteroatoms. The van der Waals surface area contributed by atoms with Crippen LogP contribution in [-0.2, 0) is 6.54 Å². The van der Waals surface area contributed by atoms with Gasteiger partial charge in [-0.05, 0) is 61.0 Å². The minimum Gasteiger partial charge on any atom is -0.372 e. The van der Waals surface area contributed by atoms with Gasteiger partial charge in [-0.15, -0.1) is 11.3 Å². The Morgan fingerprint density at radius 1 is 1.00 bits per heavy atom. The van der Waals surface area contributed by atoms with Crippen molar-refractivity contribution in [2.24, 2.45) is 0 Å². The summed E-state index contributed by atoms with van der Waals surface area (Å²) in [4.78, 5) is 25.1. The van der Waals surface area contributed by atoms with Crippen LogP contribution in [0.2, 0.25) is 0 Å². The van der Waals surface area contributed by atoms with Crippen molar-refractivity contribution < 1.29 is 0 Å². The van der Waals surface area contributed by atoms with Crippen LogP contribution in [0.25, 0.3) is 11.0 Å². The Labute approximate surface area is 178 Å². The zero-order valence-corrected chi connectivity index (χ0v) is 17.4. The Balaban J connectivity index is 1.41. The molecule has 0 atom stereocenters. The Morgan fingerprint density at radius 3 is 2.60 bits per heavy atom. The predicted octanol–water partition coefficient (Wildman–Crippen LogP) is 4.64. The molecule has 0 saturated carbocycles. The van der Waals surface area contributed by atoms with Crippen LogP contribution in [0, 0.1) is 0 Å². The average Bonchev–Trinajstić information content (AvgIpc) is 3.30. The molecule has 3 aromatic heterocycles. The molecule has 1 aromatic carbocycles. The zero-order valence-electron chi connectivity index (χ0n) is 16.6. The molecule has 0 aliphatic carbocycles. The SMILES string of the molecule is O=c1ccc2cnc(Nc3ccc(N4CCCCC4)cc3)nc2n1Cc1cccs1. The van der Waals surface area contributed by atoms with Gasteiger partial charge in [0, 0.05) is 47.0 Å². The molecule has 4 aromatic rings. The molecule has 4 heterocycles. The van der Waals surface area contributed by atoms with Crippen molar-refractivity contribution in [3.05, 3.63) is 75.3 Å². The summed E-state index contributed by atoms with van der Waals surface area (Å²) in [6.45, 7) is 2.76. The summed E-state index contributed by atoms with van der Waals surface area (Å²) in [7, 11) is 0. The number of benzene rings is 1. The Bertz CT molecular complexity index is 1190. The van der Waals surface area contributed by atoms with Gasteiger partial charge in [0.25, 0.3) is 5.56 Å². The van der Waals surface area contributed by atoms with Crippen molar-refractivity contribution in [3.63, 3.8) is 0 Å². The Hall–Kier alpha value is -3.19. The van der Waals surface area contributed by atoms with Crippen LogP contribution in [-0.4, -0.2) is 27.6 Å². The smallest absolute Gasteiger partial charge is 0.252 e. The first-order valence-corrected chi connectivity index (χ1v) is 11.2. The van der Waals surface area contributed by atoms with Gasteiger partial charge in [0.05, 0.1) is 6.54 Å². The highest BCUT2D eigenvalue weighted by Gasteiger charge is 2.11. The maximum atomic E-state index is 12.5. The second-order valence-corrected chi connectivity index (χ2v) is 8.56. The topological polar surface area (TPSA) is 63.1 Å². The van der Waals surface area contributed by atoms with Gasteiger partial charge in [-0.3, -0.25) is 9.36 Å². The number of thiophene rings is 1. The molecule has 1 fully saturated rings. The number of fused-ring (bicyclic) bond motifs is 1. The van der Waals surface area contributed by atoms with Crippen molar-refractivity contribution in [1.29, 1.82) is 0 Å². The summed E-state index contributed by atoms with van der Waals surface area (Å²) in [5.41, 5.74) is 2.76. The van der Waals surface area contributed by atoms with Crippen molar-refractivity contribution in [2.75, 3.05) is 23.3 Å². The van der Waals surface area contributed by atoms with E-state index in [1.54, 1.807) is 34.2 Å². The maximum absolute atomic E-state index is 12.5. The summed E-state index contributed by atoms with van der Waals surface area (Å²) < 4.78 is 1.70. The summed E-state index contributed by atoms with van der Waals surface area (Å²) in [5.74, 6) is 0.485. The van der Waals surface area contributed by atoms with Crippen molar-refractivity contribution in [3.8, 4) is 0 Å². The Kier molecular flexibility index (Phi) is 5.19. The van der Waals surface area contributed by atoms with Gasteiger partial charge in [0.15, 0.2) is 0 Å². The standard InChI is InChI=1S/C23H23N5OS/c29-21-11-6-17-15-24-23(26-22(17)28(21)16-20-5-4-14-30-20)25-18-7-9-19(10-8-18)27-12-2-1-3-13-27/h4-11,14-15H,1-3,12-13,16H2,(H,24,25,26). The molecule has 1 N–H and O–H groups in total. The molecule has 0 bridgehead atoms. The highest BCUT2D eigenvalue weighted by atomic mass is 32.1. The van der Waals surface area contributed by atoms with Crippen LogP contribution in [0.3, 0.4) is 0 Å². The number of rotatable bonds is 5. The summed E-state index contributed by atoms with van der Waals surface area (Å²) in [6.07, 6.45) is 5.61. The van der Waals surface area contributed by atoms with E-state index in [1.807, 2.05) is 17.5 Å². The van der Waals surface area contributed by atoms with Gasteiger partial charge in [-0.2, -0.15) is 4.98 Å². The third-order valence-corrected chi connectivity index (χ3v) is 6.32. The van der Waals surface area contributed by atoms with Gasteiger partial charge in [-0.25, -0.2) is 4.98 Å². The molecule has 0 radical (unpaired) electrons. The van der Waals surface area contributed by atoms with Crippen LogP contribution < -0.4 is 15.8 Å². The largest absolute Gasteiger partial charge is 0.372 e. The average molecular weight is 418 g/mol. The summed E-state index contributed by atoms with van der Waals surface area (Å²) >= 11 is 1.63. The molecular weight excluding hydrogens is 394 g/mol.